The number of fused-ring (bicyclic) bond motifs is 1. The Balaban J connectivity index is 2.08. The number of esters is 1. The number of alkyl halides is 3. The van der Waals surface area contributed by atoms with Gasteiger partial charge in [0.05, 0.1) is 24.1 Å². The van der Waals surface area contributed by atoms with Crippen LogP contribution in [-0.4, -0.2) is 27.2 Å². The van der Waals surface area contributed by atoms with Crippen LogP contribution in [0.1, 0.15) is 23.0 Å². The molecule has 0 spiro atoms. The highest BCUT2D eigenvalue weighted by Gasteiger charge is 2.30. The molecular weight excluding hydrogens is 323 g/mol. The number of halogens is 3. The molecule has 0 amide bonds. The number of carbonyl (C=O) groups is 1. The molecule has 24 heavy (non-hydrogen) atoms. The molecule has 0 aliphatic rings. The number of aromatic nitrogens is 3. The number of rotatable bonds is 3. The third-order valence-corrected chi connectivity index (χ3v) is 3.33. The Morgan fingerprint density at radius 3 is 2.75 bits per heavy atom. The molecule has 1 aromatic carbocycles. The van der Waals surface area contributed by atoms with Crippen LogP contribution in [0.3, 0.4) is 0 Å². The van der Waals surface area contributed by atoms with Crippen molar-refractivity contribution >= 4 is 11.6 Å². The molecule has 0 aliphatic carbocycles. The monoisotopic (exact) mass is 335 g/mol. The molecule has 0 radical (unpaired) electrons. The summed E-state index contributed by atoms with van der Waals surface area (Å²) in [6, 6.07) is 7.95. The Labute approximate surface area is 134 Å². The van der Waals surface area contributed by atoms with E-state index in [2.05, 4.69) is 10.1 Å². The SMILES string of the molecule is CCOC(=O)c1cnc2ccc(-c3cccc(C(F)(F)F)c3)nn12. The summed E-state index contributed by atoms with van der Waals surface area (Å²) in [5, 5.41) is 4.22. The largest absolute Gasteiger partial charge is 0.461 e. The molecule has 2 heterocycles. The fourth-order valence-electron chi connectivity index (χ4n) is 2.23. The zero-order valence-corrected chi connectivity index (χ0v) is 12.5. The molecule has 0 N–H and O–H groups in total. The van der Waals surface area contributed by atoms with Gasteiger partial charge in [0.2, 0.25) is 0 Å². The van der Waals surface area contributed by atoms with Crippen molar-refractivity contribution in [3.63, 3.8) is 0 Å². The van der Waals surface area contributed by atoms with E-state index in [0.717, 1.165) is 12.1 Å². The first-order valence-corrected chi connectivity index (χ1v) is 7.09. The highest BCUT2D eigenvalue weighted by Crippen LogP contribution is 2.31. The van der Waals surface area contributed by atoms with Gasteiger partial charge < -0.3 is 4.74 Å². The Morgan fingerprint density at radius 2 is 2.04 bits per heavy atom. The van der Waals surface area contributed by atoms with Crippen LogP contribution in [0, 0.1) is 0 Å². The van der Waals surface area contributed by atoms with E-state index in [-0.39, 0.29) is 23.6 Å². The van der Waals surface area contributed by atoms with Gasteiger partial charge in [-0.25, -0.2) is 14.3 Å². The molecule has 0 unspecified atom stereocenters. The predicted molar refractivity (Wildman–Crippen MR) is 79.4 cm³/mol. The third-order valence-electron chi connectivity index (χ3n) is 3.33. The van der Waals surface area contributed by atoms with Crippen molar-refractivity contribution in [3.05, 3.63) is 53.9 Å². The fraction of sp³-hybridized carbons (Fsp3) is 0.188. The van der Waals surface area contributed by atoms with Gasteiger partial charge >= 0.3 is 12.1 Å². The van der Waals surface area contributed by atoms with Crippen LogP contribution in [0.2, 0.25) is 0 Å². The van der Waals surface area contributed by atoms with Gasteiger partial charge in [0.25, 0.3) is 0 Å². The minimum atomic E-state index is -4.44. The van der Waals surface area contributed by atoms with Gasteiger partial charge in [-0.1, -0.05) is 12.1 Å². The third kappa shape index (κ3) is 2.94. The second-order valence-electron chi connectivity index (χ2n) is 4.93. The van der Waals surface area contributed by atoms with Gasteiger partial charge in [-0.3, -0.25) is 0 Å². The average Bonchev–Trinajstić information content (AvgIpc) is 2.97. The smallest absolute Gasteiger partial charge is 0.416 e. The molecule has 0 atom stereocenters. The number of benzene rings is 1. The molecule has 0 saturated carbocycles. The van der Waals surface area contributed by atoms with Crippen LogP contribution in [0.5, 0.6) is 0 Å². The Bertz CT molecular complexity index is 903. The summed E-state index contributed by atoms with van der Waals surface area (Å²) in [4.78, 5) is 15.9. The van der Waals surface area contributed by atoms with E-state index < -0.39 is 17.7 Å². The van der Waals surface area contributed by atoms with E-state index in [0.29, 0.717) is 5.65 Å². The molecule has 5 nitrogen and oxygen atoms in total. The van der Waals surface area contributed by atoms with Crippen LogP contribution >= 0.6 is 0 Å². The number of nitrogens with zero attached hydrogens (tertiary/aromatic N) is 3. The maximum Gasteiger partial charge on any atom is 0.416 e. The van der Waals surface area contributed by atoms with Crippen molar-refractivity contribution in [2.24, 2.45) is 0 Å². The van der Waals surface area contributed by atoms with E-state index in [1.807, 2.05) is 0 Å². The lowest BCUT2D eigenvalue weighted by Gasteiger charge is -2.09. The summed E-state index contributed by atoms with van der Waals surface area (Å²) in [7, 11) is 0. The molecule has 0 bridgehead atoms. The summed E-state index contributed by atoms with van der Waals surface area (Å²) in [6.45, 7) is 1.86. The number of hydrogen-bond donors (Lipinski definition) is 0. The Kier molecular flexibility index (Phi) is 3.96. The summed E-state index contributed by atoms with van der Waals surface area (Å²) < 4.78 is 44.7. The molecule has 0 fully saturated rings. The van der Waals surface area contributed by atoms with Crippen LogP contribution < -0.4 is 0 Å². The summed E-state index contributed by atoms with van der Waals surface area (Å²) in [5.74, 6) is -0.598. The molecule has 2 aromatic heterocycles. The molecular formula is C16H12F3N3O2. The molecule has 8 heteroatoms. The topological polar surface area (TPSA) is 56.5 Å². The molecule has 3 rings (SSSR count). The van der Waals surface area contributed by atoms with Gasteiger partial charge in [-0.15, -0.1) is 0 Å². The van der Waals surface area contributed by atoms with Gasteiger partial charge in [-0.05, 0) is 31.2 Å². The first kappa shape index (κ1) is 16.0. The van der Waals surface area contributed by atoms with E-state index >= 15 is 0 Å². The van der Waals surface area contributed by atoms with Crippen molar-refractivity contribution in [2.45, 2.75) is 13.1 Å². The lowest BCUT2D eigenvalue weighted by molar-refractivity contribution is -0.137. The fourth-order valence-corrected chi connectivity index (χ4v) is 2.23. The summed E-state index contributed by atoms with van der Waals surface area (Å²) >= 11 is 0. The van der Waals surface area contributed by atoms with Crippen molar-refractivity contribution in [3.8, 4) is 11.3 Å². The van der Waals surface area contributed by atoms with Gasteiger partial charge in [-0.2, -0.15) is 18.3 Å². The van der Waals surface area contributed by atoms with Crippen molar-refractivity contribution in [1.29, 1.82) is 0 Å². The quantitative estimate of drug-likeness (QED) is 0.687. The van der Waals surface area contributed by atoms with Crippen LogP contribution in [0.25, 0.3) is 16.9 Å². The maximum atomic E-state index is 12.8. The van der Waals surface area contributed by atoms with Gasteiger partial charge in [0.1, 0.15) is 0 Å². The zero-order valence-electron chi connectivity index (χ0n) is 12.5. The number of imidazole rings is 1. The normalized spacial score (nSPS) is 11.7. The van der Waals surface area contributed by atoms with Crippen molar-refractivity contribution in [1.82, 2.24) is 14.6 Å². The number of hydrogen-bond acceptors (Lipinski definition) is 4. The standard InChI is InChI=1S/C16H12F3N3O2/c1-2-24-15(23)13-9-20-14-7-6-12(21-22(13)14)10-4-3-5-11(8-10)16(17,18)19/h3-9H,2H2,1H3. The Hall–Kier alpha value is -2.90. The molecule has 124 valence electrons. The van der Waals surface area contributed by atoms with Gasteiger partial charge in [0.15, 0.2) is 11.3 Å². The lowest BCUT2D eigenvalue weighted by Crippen LogP contribution is -2.10. The van der Waals surface area contributed by atoms with Gasteiger partial charge in [0, 0.05) is 5.56 Å². The lowest BCUT2D eigenvalue weighted by atomic mass is 10.1. The molecule has 0 saturated heterocycles. The van der Waals surface area contributed by atoms with Crippen molar-refractivity contribution < 1.29 is 22.7 Å². The maximum absolute atomic E-state index is 12.8. The van der Waals surface area contributed by atoms with E-state index in [1.54, 1.807) is 19.1 Å². The highest BCUT2D eigenvalue weighted by molar-refractivity contribution is 5.88. The van der Waals surface area contributed by atoms with E-state index in [4.69, 9.17) is 4.74 Å². The summed E-state index contributed by atoms with van der Waals surface area (Å²) in [6.07, 6.45) is -3.12. The predicted octanol–water partition coefficient (Wildman–Crippen LogP) is 3.59. The summed E-state index contributed by atoms with van der Waals surface area (Å²) in [5.41, 5.74) is 0.319. The molecule has 0 aliphatic heterocycles. The van der Waals surface area contributed by atoms with Crippen LogP contribution in [0.15, 0.2) is 42.6 Å². The first-order valence-electron chi connectivity index (χ1n) is 7.09. The Morgan fingerprint density at radius 1 is 1.25 bits per heavy atom. The molecule has 3 aromatic rings. The minimum absolute atomic E-state index is 0.112. The minimum Gasteiger partial charge on any atom is -0.461 e. The van der Waals surface area contributed by atoms with Crippen LogP contribution in [-0.2, 0) is 10.9 Å². The zero-order chi connectivity index (χ0) is 17.3. The van der Waals surface area contributed by atoms with Crippen molar-refractivity contribution in [2.75, 3.05) is 6.61 Å². The second-order valence-corrected chi connectivity index (χ2v) is 4.93. The number of ether oxygens (including phenoxy) is 1. The highest BCUT2D eigenvalue weighted by atomic mass is 19.4. The van der Waals surface area contributed by atoms with Crippen LogP contribution in [0.4, 0.5) is 13.2 Å². The average molecular weight is 335 g/mol. The second kappa shape index (κ2) is 5.95. The van der Waals surface area contributed by atoms with E-state index in [9.17, 15) is 18.0 Å². The number of carbonyl (C=O) groups excluding carboxylic acids is 1. The first-order chi connectivity index (χ1) is 11.4. The van der Waals surface area contributed by atoms with E-state index in [1.165, 1.54) is 22.8 Å².